The highest BCUT2D eigenvalue weighted by atomic mass is 35.5. The molecule has 1 aliphatic rings. The lowest BCUT2D eigenvalue weighted by Gasteiger charge is -2.41. The Kier molecular flexibility index (Phi) is 4.88. The van der Waals surface area contributed by atoms with E-state index in [9.17, 15) is 5.11 Å². The average Bonchev–Trinajstić information content (AvgIpc) is 2.42. The van der Waals surface area contributed by atoms with Crippen molar-refractivity contribution in [3.05, 3.63) is 34.9 Å². The van der Waals surface area contributed by atoms with Gasteiger partial charge in [0.05, 0.1) is 11.7 Å². The highest BCUT2D eigenvalue weighted by Gasteiger charge is 2.40. The fourth-order valence-electron chi connectivity index (χ4n) is 2.95. The zero-order chi connectivity index (χ0) is 13.9. The van der Waals surface area contributed by atoms with Gasteiger partial charge >= 0.3 is 0 Å². The Hall–Kier alpha value is -0.570. The fourth-order valence-corrected chi connectivity index (χ4v) is 3.08. The summed E-state index contributed by atoms with van der Waals surface area (Å²) in [4.78, 5) is 0. The smallest absolute Gasteiger partial charge is 0.0939 e. The van der Waals surface area contributed by atoms with E-state index < -0.39 is 6.10 Å². The van der Waals surface area contributed by atoms with Crippen molar-refractivity contribution in [2.45, 2.75) is 50.7 Å². The van der Waals surface area contributed by atoms with Crippen LogP contribution >= 0.6 is 11.6 Å². The third-order valence-corrected chi connectivity index (χ3v) is 4.73. The zero-order valence-electron chi connectivity index (χ0n) is 11.7. The highest BCUT2D eigenvalue weighted by Crippen LogP contribution is 2.37. The van der Waals surface area contributed by atoms with Crippen LogP contribution in [-0.4, -0.2) is 23.9 Å². The van der Waals surface area contributed by atoms with E-state index in [1.54, 1.807) is 7.11 Å². The van der Waals surface area contributed by atoms with E-state index in [1.165, 1.54) is 0 Å². The number of benzene rings is 1. The molecular weight excluding hydrogens is 260 g/mol. The predicted molar refractivity (Wildman–Crippen MR) is 78.5 cm³/mol. The van der Waals surface area contributed by atoms with Gasteiger partial charge in [-0.1, -0.05) is 30.7 Å². The normalized spacial score (nSPS) is 29.2. The molecule has 0 amide bonds. The Morgan fingerprint density at radius 3 is 2.42 bits per heavy atom. The number of rotatable bonds is 4. The first-order chi connectivity index (χ1) is 9.05. The van der Waals surface area contributed by atoms with Gasteiger partial charge in [-0.3, -0.25) is 0 Å². The number of aliphatic hydroxyl groups excluding tert-OH is 1. The number of hydrogen-bond donors (Lipinski definition) is 1. The van der Waals surface area contributed by atoms with Crippen molar-refractivity contribution in [1.29, 1.82) is 0 Å². The Bertz CT molecular complexity index is 394. The molecule has 0 bridgehead atoms. The minimum Gasteiger partial charge on any atom is -0.390 e. The molecule has 0 heterocycles. The lowest BCUT2D eigenvalue weighted by atomic mass is 9.75. The summed E-state index contributed by atoms with van der Waals surface area (Å²) >= 11 is 5.88. The summed E-state index contributed by atoms with van der Waals surface area (Å²) in [5.41, 5.74) is 0.735. The minimum absolute atomic E-state index is 0.369. The van der Waals surface area contributed by atoms with Crippen LogP contribution in [0.25, 0.3) is 0 Å². The van der Waals surface area contributed by atoms with E-state index in [-0.39, 0.29) is 5.60 Å². The van der Waals surface area contributed by atoms with Crippen LogP contribution in [0.1, 0.15) is 38.2 Å². The third kappa shape index (κ3) is 3.50. The van der Waals surface area contributed by atoms with Crippen molar-refractivity contribution in [2.75, 3.05) is 7.11 Å². The number of hydrogen-bond acceptors (Lipinski definition) is 2. The second-order valence-corrected chi connectivity index (χ2v) is 6.23. The largest absolute Gasteiger partial charge is 0.390 e. The molecule has 1 aliphatic carbocycles. The molecule has 1 saturated carbocycles. The molecule has 1 unspecified atom stereocenters. The van der Waals surface area contributed by atoms with Crippen molar-refractivity contribution < 1.29 is 9.84 Å². The Morgan fingerprint density at radius 2 is 1.89 bits per heavy atom. The first-order valence-electron chi connectivity index (χ1n) is 7.03. The van der Waals surface area contributed by atoms with Crippen molar-refractivity contribution in [1.82, 2.24) is 0 Å². The van der Waals surface area contributed by atoms with Gasteiger partial charge in [0.1, 0.15) is 0 Å². The molecule has 1 aromatic rings. The summed E-state index contributed by atoms with van der Waals surface area (Å²) in [6.07, 6.45) is 4.32. The number of halogens is 1. The summed E-state index contributed by atoms with van der Waals surface area (Å²) in [7, 11) is 1.72. The maximum Gasteiger partial charge on any atom is 0.0939 e. The Labute approximate surface area is 120 Å². The van der Waals surface area contributed by atoms with Gasteiger partial charge in [0, 0.05) is 18.6 Å². The van der Waals surface area contributed by atoms with E-state index in [1.807, 2.05) is 24.3 Å². The molecule has 0 aromatic heterocycles. The molecule has 0 saturated heterocycles. The van der Waals surface area contributed by atoms with Gasteiger partial charge in [0.2, 0.25) is 0 Å². The van der Waals surface area contributed by atoms with Crippen molar-refractivity contribution in [3.8, 4) is 0 Å². The molecule has 1 fully saturated rings. The molecule has 3 heteroatoms. The lowest BCUT2D eigenvalue weighted by molar-refractivity contribution is -0.127. The molecule has 1 N–H and O–H groups in total. The lowest BCUT2D eigenvalue weighted by Crippen LogP contribution is -2.47. The second-order valence-electron chi connectivity index (χ2n) is 5.80. The van der Waals surface area contributed by atoms with Crippen LogP contribution in [0.4, 0.5) is 0 Å². The topological polar surface area (TPSA) is 29.5 Å². The zero-order valence-corrected chi connectivity index (χ0v) is 12.5. The monoisotopic (exact) mass is 282 g/mol. The standard InChI is InChI=1S/C16H23ClO2/c1-12-7-9-16(19-2,10-8-12)15(18)11-13-3-5-14(17)6-4-13/h3-6,12,15,18H,7-11H2,1-2H3. The first-order valence-corrected chi connectivity index (χ1v) is 7.41. The van der Waals surface area contributed by atoms with E-state index in [4.69, 9.17) is 16.3 Å². The third-order valence-electron chi connectivity index (χ3n) is 4.48. The molecule has 2 rings (SSSR count). The van der Waals surface area contributed by atoms with Crippen LogP contribution in [0.2, 0.25) is 5.02 Å². The Morgan fingerprint density at radius 1 is 1.32 bits per heavy atom. The van der Waals surface area contributed by atoms with Gasteiger partial charge in [-0.2, -0.15) is 0 Å². The Balaban J connectivity index is 2.04. The van der Waals surface area contributed by atoms with Gasteiger partial charge in [-0.05, 0) is 49.3 Å². The SMILES string of the molecule is COC1(C(O)Cc2ccc(Cl)cc2)CCC(C)CC1. The molecule has 0 radical (unpaired) electrons. The molecule has 1 aromatic carbocycles. The first kappa shape index (κ1) is 14.8. The quantitative estimate of drug-likeness (QED) is 0.909. The van der Waals surface area contributed by atoms with Crippen LogP contribution in [0, 0.1) is 5.92 Å². The molecule has 1 atom stereocenters. The fraction of sp³-hybridized carbons (Fsp3) is 0.625. The average molecular weight is 283 g/mol. The molecular formula is C16H23ClO2. The van der Waals surface area contributed by atoms with Crippen LogP contribution in [0.15, 0.2) is 24.3 Å². The van der Waals surface area contributed by atoms with E-state index in [2.05, 4.69) is 6.92 Å². The van der Waals surface area contributed by atoms with Gasteiger partial charge in [-0.15, -0.1) is 0 Å². The van der Waals surface area contributed by atoms with Gasteiger partial charge in [0.25, 0.3) is 0 Å². The van der Waals surface area contributed by atoms with Crippen LogP contribution in [0.3, 0.4) is 0 Å². The number of methoxy groups -OCH3 is 1. The molecule has 19 heavy (non-hydrogen) atoms. The van der Waals surface area contributed by atoms with Crippen LogP contribution in [0.5, 0.6) is 0 Å². The highest BCUT2D eigenvalue weighted by molar-refractivity contribution is 6.30. The number of aliphatic hydroxyl groups is 1. The van der Waals surface area contributed by atoms with Gasteiger partial charge in [0.15, 0.2) is 0 Å². The van der Waals surface area contributed by atoms with Crippen LogP contribution < -0.4 is 0 Å². The predicted octanol–water partition coefficient (Wildman–Crippen LogP) is 3.84. The summed E-state index contributed by atoms with van der Waals surface area (Å²) in [6, 6.07) is 7.68. The minimum atomic E-state index is -0.453. The summed E-state index contributed by atoms with van der Waals surface area (Å²) in [6.45, 7) is 2.27. The number of ether oxygens (including phenoxy) is 1. The van der Waals surface area contributed by atoms with Crippen molar-refractivity contribution in [3.63, 3.8) is 0 Å². The van der Waals surface area contributed by atoms with E-state index in [0.29, 0.717) is 6.42 Å². The molecule has 2 nitrogen and oxygen atoms in total. The summed E-state index contributed by atoms with van der Waals surface area (Å²) < 4.78 is 5.71. The summed E-state index contributed by atoms with van der Waals surface area (Å²) in [5, 5.41) is 11.3. The molecule has 106 valence electrons. The van der Waals surface area contributed by atoms with Crippen LogP contribution in [-0.2, 0) is 11.2 Å². The van der Waals surface area contributed by atoms with Crippen molar-refractivity contribution >= 4 is 11.6 Å². The second kappa shape index (κ2) is 6.25. The summed E-state index contributed by atoms with van der Waals surface area (Å²) in [5.74, 6) is 0.742. The molecule has 0 aliphatic heterocycles. The maximum atomic E-state index is 10.6. The van der Waals surface area contributed by atoms with Gasteiger partial charge in [-0.25, -0.2) is 0 Å². The van der Waals surface area contributed by atoms with Gasteiger partial charge < -0.3 is 9.84 Å². The van der Waals surface area contributed by atoms with Crippen molar-refractivity contribution in [2.24, 2.45) is 5.92 Å². The van der Waals surface area contributed by atoms with E-state index >= 15 is 0 Å². The molecule has 0 spiro atoms. The maximum absolute atomic E-state index is 10.6. The van der Waals surface area contributed by atoms with E-state index in [0.717, 1.165) is 42.2 Å².